The molecule has 0 spiro atoms. The van der Waals surface area contributed by atoms with Crippen LogP contribution in [0.3, 0.4) is 0 Å². The molecule has 2 heterocycles. The number of amides is 1. The largest absolute Gasteiger partial charge is 0.338 e. The van der Waals surface area contributed by atoms with Gasteiger partial charge < -0.3 is 9.47 Å². The van der Waals surface area contributed by atoms with Gasteiger partial charge in [-0.3, -0.25) is 9.59 Å². The van der Waals surface area contributed by atoms with Gasteiger partial charge in [0, 0.05) is 32.9 Å². The summed E-state index contributed by atoms with van der Waals surface area (Å²) < 4.78 is 26.6. The molecule has 128 valence electrons. The number of carbonyl (C=O) groups is 1. The molecule has 1 fully saturated rings. The highest BCUT2D eigenvalue weighted by atomic mass is 79.9. The highest BCUT2D eigenvalue weighted by Gasteiger charge is 2.25. The maximum absolute atomic E-state index is 12.4. The lowest BCUT2D eigenvalue weighted by atomic mass is 9.97. The minimum absolute atomic E-state index is 0.116. The predicted octanol–water partition coefficient (Wildman–Crippen LogP) is 0.509. The highest BCUT2D eigenvalue weighted by molar-refractivity contribution is 9.10. The van der Waals surface area contributed by atoms with Crippen molar-refractivity contribution < 1.29 is 13.2 Å². The van der Waals surface area contributed by atoms with Crippen molar-refractivity contribution in [1.29, 1.82) is 0 Å². The Morgan fingerprint density at radius 2 is 2.04 bits per heavy atom. The number of sulfonamides is 1. The highest BCUT2D eigenvalue weighted by Crippen LogP contribution is 2.18. The van der Waals surface area contributed by atoms with E-state index in [1.807, 2.05) is 0 Å². The zero-order valence-electron chi connectivity index (χ0n) is 12.9. The maximum Gasteiger partial charge on any atom is 0.263 e. The van der Waals surface area contributed by atoms with Gasteiger partial charge in [-0.15, -0.1) is 0 Å². The van der Waals surface area contributed by atoms with E-state index < -0.39 is 10.0 Å². The van der Waals surface area contributed by atoms with E-state index >= 15 is 0 Å². The molecule has 0 atom stereocenters. The van der Waals surface area contributed by atoms with E-state index in [9.17, 15) is 18.0 Å². The summed E-state index contributed by atoms with van der Waals surface area (Å²) in [4.78, 5) is 26.1. The van der Waals surface area contributed by atoms with Crippen LogP contribution in [0, 0.1) is 5.92 Å². The average molecular weight is 406 g/mol. The molecule has 1 amide bonds. The number of halogens is 1. The molecular formula is C14H20BrN3O4S. The maximum atomic E-state index is 12.4. The van der Waals surface area contributed by atoms with Gasteiger partial charge in [0.05, 0.1) is 0 Å². The van der Waals surface area contributed by atoms with Gasteiger partial charge in [-0.05, 0) is 30.9 Å². The number of piperidine rings is 1. The van der Waals surface area contributed by atoms with Crippen molar-refractivity contribution in [3.63, 3.8) is 0 Å². The molecule has 2 rings (SSSR count). The van der Waals surface area contributed by atoms with Crippen molar-refractivity contribution in [2.24, 2.45) is 13.0 Å². The Morgan fingerprint density at radius 1 is 1.39 bits per heavy atom. The molecule has 0 saturated carbocycles. The summed E-state index contributed by atoms with van der Waals surface area (Å²) in [5.74, 6) is -0.0582. The van der Waals surface area contributed by atoms with Crippen molar-refractivity contribution in [3.8, 4) is 0 Å². The Hall–Kier alpha value is -1.19. The number of pyridine rings is 1. The lowest BCUT2D eigenvalue weighted by Crippen LogP contribution is -2.43. The minimum Gasteiger partial charge on any atom is -0.338 e. The van der Waals surface area contributed by atoms with Crippen LogP contribution in [0.15, 0.2) is 23.1 Å². The third kappa shape index (κ3) is 4.65. The number of rotatable bonds is 5. The van der Waals surface area contributed by atoms with Gasteiger partial charge in [0.15, 0.2) is 0 Å². The zero-order chi connectivity index (χ0) is 17.0. The van der Waals surface area contributed by atoms with Gasteiger partial charge >= 0.3 is 0 Å². The quantitative estimate of drug-likeness (QED) is 0.722. The van der Waals surface area contributed by atoms with Crippen LogP contribution >= 0.6 is 15.9 Å². The number of hydrogen-bond donors (Lipinski definition) is 1. The van der Waals surface area contributed by atoms with Gasteiger partial charge in [0.1, 0.15) is 10.2 Å². The number of likely N-dealkylation sites (tertiary alicyclic amines) is 1. The van der Waals surface area contributed by atoms with E-state index in [4.69, 9.17) is 0 Å². The molecule has 1 aromatic heterocycles. The number of hydrogen-bond acceptors (Lipinski definition) is 4. The standard InChI is InChI=1S/C14H20BrN3O4S/c1-17-6-2-3-12(13(17)19)14(20)18-7-4-11(5-8-18)9-16-23(21,22)10-15/h2-3,6,11,16H,4-5,7-10H2,1H3. The minimum atomic E-state index is -3.26. The van der Waals surface area contributed by atoms with E-state index in [1.165, 1.54) is 4.57 Å². The summed E-state index contributed by atoms with van der Waals surface area (Å²) in [6.07, 6.45) is 3.04. The van der Waals surface area contributed by atoms with Gasteiger partial charge in [-0.25, -0.2) is 13.1 Å². The molecule has 0 aromatic carbocycles. The lowest BCUT2D eigenvalue weighted by molar-refractivity contribution is 0.0689. The van der Waals surface area contributed by atoms with Crippen molar-refractivity contribution in [2.45, 2.75) is 12.8 Å². The molecule has 1 aliphatic heterocycles. The molecule has 1 aromatic rings. The average Bonchev–Trinajstić information content (AvgIpc) is 2.55. The lowest BCUT2D eigenvalue weighted by Gasteiger charge is -2.32. The molecule has 0 aliphatic carbocycles. The Balaban J connectivity index is 1.93. The van der Waals surface area contributed by atoms with E-state index in [2.05, 4.69) is 20.7 Å². The van der Waals surface area contributed by atoms with Crippen molar-refractivity contribution in [3.05, 3.63) is 34.2 Å². The fourth-order valence-corrected chi connectivity index (χ4v) is 3.61. The summed E-state index contributed by atoms with van der Waals surface area (Å²) >= 11 is 2.93. The molecule has 1 N–H and O–H groups in total. The summed E-state index contributed by atoms with van der Waals surface area (Å²) in [5.41, 5.74) is -0.127. The van der Waals surface area contributed by atoms with Crippen LogP contribution in [-0.4, -0.2) is 48.1 Å². The SMILES string of the molecule is Cn1cccc(C(=O)N2CCC(CNS(=O)(=O)CBr)CC2)c1=O. The Kier molecular flexibility index (Phi) is 5.99. The van der Waals surface area contributed by atoms with Crippen LogP contribution in [0.5, 0.6) is 0 Å². The van der Waals surface area contributed by atoms with E-state index in [0.29, 0.717) is 32.5 Å². The molecular weight excluding hydrogens is 386 g/mol. The number of aromatic nitrogens is 1. The molecule has 1 saturated heterocycles. The van der Waals surface area contributed by atoms with Crippen LogP contribution in [0.1, 0.15) is 23.2 Å². The topological polar surface area (TPSA) is 88.5 Å². The molecule has 1 aliphatic rings. The van der Waals surface area contributed by atoms with Gasteiger partial charge in [-0.2, -0.15) is 0 Å². The van der Waals surface area contributed by atoms with Crippen LogP contribution in [0.25, 0.3) is 0 Å². The second kappa shape index (κ2) is 7.59. The molecule has 7 nitrogen and oxygen atoms in total. The first-order chi connectivity index (χ1) is 10.8. The number of aryl methyl sites for hydroxylation is 1. The van der Waals surface area contributed by atoms with Crippen molar-refractivity contribution >= 4 is 31.9 Å². The second-order valence-corrected chi connectivity index (χ2v) is 8.76. The molecule has 0 bridgehead atoms. The monoisotopic (exact) mass is 405 g/mol. The zero-order valence-corrected chi connectivity index (χ0v) is 15.3. The van der Waals surface area contributed by atoms with Crippen molar-refractivity contribution in [2.75, 3.05) is 24.3 Å². The summed E-state index contributed by atoms with van der Waals surface area (Å²) in [6, 6.07) is 3.22. The first-order valence-corrected chi connectivity index (χ1v) is 10.1. The van der Waals surface area contributed by atoms with Gasteiger partial charge in [0.2, 0.25) is 10.0 Å². The summed E-state index contributed by atoms with van der Waals surface area (Å²) in [7, 11) is -1.65. The van der Waals surface area contributed by atoms with Crippen LogP contribution in [-0.2, 0) is 17.1 Å². The fourth-order valence-electron chi connectivity index (χ4n) is 2.55. The predicted molar refractivity (Wildman–Crippen MR) is 91.0 cm³/mol. The van der Waals surface area contributed by atoms with Crippen LogP contribution < -0.4 is 10.3 Å². The second-order valence-electron chi connectivity index (χ2n) is 5.65. The fraction of sp³-hybridized carbons (Fsp3) is 0.571. The summed E-state index contributed by atoms with van der Waals surface area (Å²) in [5, 5.41) is 0. The smallest absolute Gasteiger partial charge is 0.263 e. The normalized spacial score (nSPS) is 16.5. The van der Waals surface area contributed by atoms with Gasteiger partial charge in [0.25, 0.3) is 11.5 Å². The van der Waals surface area contributed by atoms with E-state index in [1.54, 1.807) is 30.3 Å². The Morgan fingerprint density at radius 3 is 2.65 bits per heavy atom. The summed E-state index contributed by atoms with van der Waals surface area (Å²) in [6.45, 7) is 1.43. The number of nitrogens with one attached hydrogen (secondary N) is 1. The first kappa shape index (κ1) is 18.2. The number of carbonyl (C=O) groups excluding carboxylic acids is 1. The molecule has 23 heavy (non-hydrogen) atoms. The molecule has 9 heteroatoms. The first-order valence-electron chi connectivity index (χ1n) is 7.32. The Bertz CT molecular complexity index is 724. The molecule has 0 unspecified atom stereocenters. The number of nitrogens with zero attached hydrogens (tertiary/aromatic N) is 2. The van der Waals surface area contributed by atoms with E-state index in [-0.39, 0.29) is 27.6 Å². The van der Waals surface area contributed by atoms with E-state index in [0.717, 1.165) is 0 Å². The van der Waals surface area contributed by atoms with Gasteiger partial charge in [-0.1, -0.05) is 15.9 Å². The van der Waals surface area contributed by atoms with Crippen LogP contribution in [0.4, 0.5) is 0 Å². The third-order valence-electron chi connectivity index (χ3n) is 3.99. The Labute approximate surface area is 143 Å². The molecule has 0 radical (unpaired) electrons. The van der Waals surface area contributed by atoms with Crippen LogP contribution in [0.2, 0.25) is 0 Å². The third-order valence-corrected chi connectivity index (χ3v) is 6.69. The van der Waals surface area contributed by atoms with Crippen molar-refractivity contribution in [1.82, 2.24) is 14.2 Å². The number of alkyl halides is 1.